The Morgan fingerprint density at radius 1 is 1.33 bits per heavy atom. The molecule has 2 nitrogen and oxygen atoms in total. The standard InChI is InChI=1S/C10H11NO/c12-11-7-9-6-10(9)8-4-2-1-3-5-8/h1-5,9-10H,6-7H2. The molecule has 12 heavy (non-hydrogen) atoms. The maximum Gasteiger partial charge on any atom is 0.0845 e. The summed E-state index contributed by atoms with van der Waals surface area (Å²) in [5.74, 6) is 1.12. The maximum atomic E-state index is 9.98. The minimum Gasteiger partial charge on any atom is -0.151 e. The Morgan fingerprint density at radius 3 is 2.75 bits per heavy atom. The maximum absolute atomic E-state index is 9.98. The summed E-state index contributed by atoms with van der Waals surface area (Å²) in [7, 11) is 0. The van der Waals surface area contributed by atoms with Crippen molar-refractivity contribution in [2.75, 3.05) is 6.54 Å². The summed E-state index contributed by atoms with van der Waals surface area (Å²) < 4.78 is 0. The summed E-state index contributed by atoms with van der Waals surface area (Å²) in [5.41, 5.74) is 1.35. The zero-order valence-electron chi connectivity index (χ0n) is 6.81. The Balaban J connectivity index is 2.01. The van der Waals surface area contributed by atoms with E-state index in [-0.39, 0.29) is 0 Å². The number of nitroso groups, excluding NO2 is 1. The number of benzene rings is 1. The van der Waals surface area contributed by atoms with Crippen LogP contribution in [0.5, 0.6) is 0 Å². The van der Waals surface area contributed by atoms with Crippen LogP contribution in [0.3, 0.4) is 0 Å². The number of hydrogen-bond acceptors (Lipinski definition) is 2. The first-order valence-corrected chi connectivity index (χ1v) is 4.26. The molecular weight excluding hydrogens is 150 g/mol. The van der Waals surface area contributed by atoms with Gasteiger partial charge in [0.1, 0.15) is 0 Å². The number of hydrogen-bond donors (Lipinski definition) is 0. The fraction of sp³-hybridized carbons (Fsp3) is 0.400. The van der Waals surface area contributed by atoms with Gasteiger partial charge in [0.15, 0.2) is 0 Å². The monoisotopic (exact) mass is 161 g/mol. The molecule has 1 aliphatic carbocycles. The molecule has 1 aliphatic rings. The molecule has 0 heterocycles. The van der Waals surface area contributed by atoms with Crippen LogP contribution < -0.4 is 0 Å². The molecule has 0 amide bonds. The molecule has 2 unspecified atom stereocenters. The lowest BCUT2D eigenvalue weighted by Gasteiger charge is -1.95. The Morgan fingerprint density at radius 2 is 2.08 bits per heavy atom. The first-order valence-electron chi connectivity index (χ1n) is 4.26. The van der Waals surface area contributed by atoms with Crippen LogP contribution in [-0.4, -0.2) is 6.54 Å². The van der Waals surface area contributed by atoms with Gasteiger partial charge < -0.3 is 0 Å². The summed E-state index contributed by atoms with van der Waals surface area (Å²) in [6.07, 6.45) is 1.13. The molecule has 1 saturated carbocycles. The van der Waals surface area contributed by atoms with E-state index in [1.54, 1.807) is 0 Å². The predicted octanol–water partition coefficient (Wildman–Crippen LogP) is 2.56. The van der Waals surface area contributed by atoms with Gasteiger partial charge in [-0.25, -0.2) is 0 Å². The van der Waals surface area contributed by atoms with E-state index in [0.29, 0.717) is 18.4 Å². The third-order valence-electron chi connectivity index (χ3n) is 2.46. The Kier molecular flexibility index (Phi) is 1.90. The van der Waals surface area contributed by atoms with Crippen molar-refractivity contribution in [1.82, 2.24) is 0 Å². The average molecular weight is 161 g/mol. The highest BCUT2D eigenvalue weighted by Gasteiger charge is 2.38. The molecule has 1 aromatic carbocycles. The van der Waals surface area contributed by atoms with E-state index in [9.17, 15) is 4.91 Å². The Bertz CT molecular complexity index is 270. The second-order valence-electron chi connectivity index (χ2n) is 3.32. The Hall–Kier alpha value is -1.18. The second-order valence-corrected chi connectivity index (χ2v) is 3.32. The third kappa shape index (κ3) is 1.37. The third-order valence-corrected chi connectivity index (χ3v) is 2.46. The molecule has 0 aliphatic heterocycles. The van der Waals surface area contributed by atoms with E-state index in [2.05, 4.69) is 17.3 Å². The van der Waals surface area contributed by atoms with Gasteiger partial charge in [-0.15, -0.1) is 0 Å². The van der Waals surface area contributed by atoms with Crippen molar-refractivity contribution in [3.05, 3.63) is 40.8 Å². The molecule has 62 valence electrons. The molecule has 0 aromatic heterocycles. The van der Waals surface area contributed by atoms with Crippen molar-refractivity contribution in [3.63, 3.8) is 0 Å². The zero-order valence-corrected chi connectivity index (χ0v) is 6.81. The lowest BCUT2D eigenvalue weighted by molar-refractivity contribution is 0.806. The van der Waals surface area contributed by atoms with E-state index in [4.69, 9.17) is 0 Å². The van der Waals surface area contributed by atoms with Gasteiger partial charge in [-0.2, -0.15) is 4.91 Å². The highest BCUT2D eigenvalue weighted by atomic mass is 16.3. The first kappa shape index (κ1) is 7.47. The average Bonchev–Trinajstić information content (AvgIpc) is 2.87. The smallest absolute Gasteiger partial charge is 0.0845 e. The van der Waals surface area contributed by atoms with Gasteiger partial charge in [-0.05, 0) is 23.8 Å². The fourth-order valence-electron chi connectivity index (χ4n) is 1.65. The first-order chi connectivity index (χ1) is 5.92. The minimum absolute atomic E-state index is 0.486. The molecule has 1 fully saturated rings. The summed E-state index contributed by atoms with van der Waals surface area (Å²) in [5, 5.41) is 2.92. The van der Waals surface area contributed by atoms with Crippen molar-refractivity contribution in [1.29, 1.82) is 0 Å². The van der Waals surface area contributed by atoms with Crippen molar-refractivity contribution in [2.45, 2.75) is 12.3 Å². The van der Waals surface area contributed by atoms with Crippen molar-refractivity contribution < 1.29 is 0 Å². The van der Waals surface area contributed by atoms with E-state index in [1.165, 1.54) is 5.56 Å². The van der Waals surface area contributed by atoms with Gasteiger partial charge in [0.25, 0.3) is 0 Å². The number of rotatable bonds is 3. The van der Waals surface area contributed by atoms with Gasteiger partial charge >= 0.3 is 0 Å². The molecule has 2 atom stereocenters. The van der Waals surface area contributed by atoms with Gasteiger partial charge in [-0.1, -0.05) is 35.5 Å². The second kappa shape index (κ2) is 3.05. The van der Waals surface area contributed by atoms with Crippen LogP contribution in [0.1, 0.15) is 17.9 Å². The highest BCUT2D eigenvalue weighted by molar-refractivity contribution is 5.25. The topological polar surface area (TPSA) is 29.4 Å². The fourth-order valence-corrected chi connectivity index (χ4v) is 1.65. The van der Waals surface area contributed by atoms with E-state index in [0.717, 1.165) is 6.42 Å². The molecule has 1 aromatic rings. The Labute approximate surface area is 71.6 Å². The normalized spacial score (nSPS) is 26.7. The quantitative estimate of drug-likeness (QED) is 0.626. The lowest BCUT2D eigenvalue weighted by atomic mass is 10.1. The van der Waals surface area contributed by atoms with Crippen molar-refractivity contribution >= 4 is 0 Å². The van der Waals surface area contributed by atoms with Crippen LogP contribution in [0.2, 0.25) is 0 Å². The summed E-state index contributed by atoms with van der Waals surface area (Å²) >= 11 is 0. The van der Waals surface area contributed by atoms with Gasteiger partial charge in [-0.3, -0.25) is 0 Å². The summed E-state index contributed by atoms with van der Waals surface area (Å²) in [6.45, 7) is 0.486. The van der Waals surface area contributed by atoms with Crippen LogP contribution in [0.4, 0.5) is 0 Å². The molecule has 2 rings (SSSR count). The lowest BCUT2D eigenvalue weighted by Crippen LogP contribution is -1.85. The number of nitrogens with zero attached hydrogens (tertiary/aromatic N) is 1. The minimum atomic E-state index is 0.486. The van der Waals surface area contributed by atoms with Crippen molar-refractivity contribution in [2.24, 2.45) is 11.1 Å². The van der Waals surface area contributed by atoms with Gasteiger partial charge in [0, 0.05) is 0 Å². The summed E-state index contributed by atoms with van der Waals surface area (Å²) in [4.78, 5) is 9.98. The molecule has 0 bridgehead atoms. The van der Waals surface area contributed by atoms with Crippen LogP contribution in [0.15, 0.2) is 35.5 Å². The molecule has 0 N–H and O–H groups in total. The zero-order chi connectivity index (χ0) is 8.39. The van der Waals surface area contributed by atoms with Crippen LogP contribution >= 0.6 is 0 Å². The highest BCUT2D eigenvalue weighted by Crippen LogP contribution is 2.47. The largest absolute Gasteiger partial charge is 0.151 e. The molecule has 0 spiro atoms. The van der Waals surface area contributed by atoms with E-state index in [1.807, 2.05) is 18.2 Å². The molecule has 0 radical (unpaired) electrons. The van der Waals surface area contributed by atoms with Crippen LogP contribution in [-0.2, 0) is 0 Å². The van der Waals surface area contributed by atoms with Gasteiger partial charge in [0.2, 0.25) is 0 Å². The predicted molar refractivity (Wildman–Crippen MR) is 48.0 cm³/mol. The molecule has 2 heteroatoms. The van der Waals surface area contributed by atoms with E-state index < -0.39 is 0 Å². The summed E-state index contributed by atoms with van der Waals surface area (Å²) in [6, 6.07) is 10.3. The molecule has 0 saturated heterocycles. The van der Waals surface area contributed by atoms with E-state index >= 15 is 0 Å². The molecular formula is C10H11NO. The van der Waals surface area contributed by atoms with Crippen molar-refractivity contribution in [3.8, 4) is 0 Å². The van der Waals surface area contributed by atoms with Crippen LogP contribution in [0.25, 0.3) is 0 Å². The SMILES string of the molecule is O=NCC1CC1c1ccccc1. The van der Waals surface area contributed by atoms with Crippen LogP contribution in [0, 0.1) is 10.8 Å². The van der Waals surface area contributed by atoms with Gasteiger partial charge in [0.05, 0.1) is 6.54 Å².